The van der Waals surface area contributed by atoms with Crippen LogP contribution >= 0.6 is 11.3 Å². The number of fused-ring (bicyclic) bond motifs is 1. The molecule has 0 aliphatic rings. The molecule has 0 unspecified atom stereocenters. The molecule has 0 bridgehead atoms. The fraction of sp³-hybridized carbons (Fsp3) is 0.417. The maximum absolute atomic E-state index is 8.77. The van der Waals surface area contributed by atoms with Crippen molar-refractivity contribution < 1.29 is 5.11 Å². The van der Waals surface area contributed by atoms with Gasteiger partial charge in [0.1, 0.15) is 0 Å². The molecule has 1 heterocycles. The van der Waals surface area contributed by atoms with Gasteiger partial charge in [0, 0.05) is 6.61 Å². The Kier molecular flexibility index (Phi) is 3.34. The van der Waals surface area contributed by atoms with Crippen LogP contribution in [0, 0.1) is 0 Å². The summed E-state index contributed by atoms with van der Waals surface area (Å²) in [6.07, 6.45) is 2.79. The number of nitrogens with zero attached hydrogens (tertiary/aromatic N) is 1. The minimum absolute atomic E-state index is 0.265. The molecular weight excluding hydrogens is 206 g/mol. The summed E-state index contributed by atoms with van der Waals surface area (Å²) in [6.45, 7) is 2.39. The van der Waals surface area contributed by atoms with Gasteiger partial charge >= 0.3 is 0 Å². The number of thiazole rings is 1. The summed E-state index contributed by atoms with van der Waals surface area (Å²) in [5, 5.41) is 9.97. The number of hydrogen-bond acceptors (Lipinski definition) is 3. The Balaban J connectivity index is 2.29. The van der Waals surface area contributed by atoms with E-state index in [9.17, 15) is 0 Å². The van der Waals surface area contributed by atoms with Gasteiger partial charge in [0.05, 0.1) is 15.2 Å². The number of aliphatic hydroxyl groups is 1. The molecule has 80 valence electrons. The number of aliphatic hydroxyl groups excluding tert-OH is 1. The summed E-state index contributed by atoms with van der Waals surface area (Å²) < 4.78 is 1.27. The van der Waals surface area contributed by atoms with Crippen LogP contribution in [0.15, 0.2) is 18.2 Å². The van der Waals surface area contributed by atoms with Crippen molar-refractivity contribution in [3.05, 3.63) is 28.8 Å². The van der Waals surface area contributed by atoms with Crippen LogP contribution in [0.5, 0.6) is 0 Å². The van der Waals surface area contributed by atoms with Crippen LogP contribution in [-0.4, -0.2) is 16.7 Å². The van der Waals surface area contributed by atoms with E-state index in [4.69, 9.17) is 5.11 Å². The standard InChI is InChI=1S/C12H15NOS/c1-2-12-13-10-6-5-9(4-3-7-14)8-11(10)15-12/h5-6,8,14H,2-4,7H2,1H3. The van der Waals surface area contributed by atoms with E-state index in [0.29, 0.717) is 0 Å². The Morgan fingerprint density at radius 3 is 3.00 bits per heavy atom. The van der Waals surface area contributed by atoms with Gasteiger partial charge in [-0.15, -0.1) is 11.3 Å². The second-order valence-electron chi connectivity index (χ2n) is 3.59. The topological polar surface area (TPSA) is 33.1 Å². The lowest BCUT2D eigenvalue weighted by molar-refractivity contribution is 0.288. The molecule has 0 saturated carbocycles. The smallest absolute Gasteiger partial charge is 0.0935 e. The number of rotatable bonds is 4. The predicted molar refractivity (Wildman–Crippen MR) is 64.4 cm³/mol. The number of benzene rings is 1. The molecule has 0 fully saturated rings. The first kappa shape index (κ1) is 10.6. The third kappa shape index (κ3) is 2.36. The van der Waals surface area contributed by atoms with Crippen molar-refractivity contribution in [2.24, 2.45) is 0 Å². The molecule has 0 saturated heterocycles. The maximum Gasteiger partial charge on any atom is 0.0935 e. The number of aryl methyl sites for hydroxylation is 2. The lowest BCUT2D eigenvalue weighted by atomic mass is 10.1. The molecule has 1 aromatic heterocycles. The van der Waals surface area contributed by atoms with E-state index in [1.54, 1.807) is 11.3 Å². The minimum Gasteiger partial charge on any atom is -0.396 e. The Morgan fingerprint density at radius 1 is 1.40 bits per heavy atom. The van der Waals surface area contributed by atoms with Crippen LogP contribution in [0.4, 0.5) is 0 Å². The van der Waals surface area contributed by atoms with Gasteiger partial charge in [-0.25, -0.2) is 4.98 Å². The highest BCUT2D eigenvalue weighted by molar-refractivity contribution is 7.18. The fourth-order valence-electron chi connectivity index (χ4n) is 1.61. The first-order chi connectivity index (χ1) is 7.33. The van der Waals surface area contributed by atoms with Gasteiger partial charge in [-0.1, -0.05) is 13.0 Å². The summed E-state index contributed by atoms with van der Waals surface area (Å²) in [4.78, 5) is 4.52. The maximum atomic E-state index is 8.77. The van der Waals surface area contributed by atoms with E-state index in [-0.39, 0.29) is 6.61 Å². The average Bonchev–Trinajstić information content (AvgIpc) is 2.68. The zero-order valence-corrected chi connectivity index (χ0v) is 9.68. The number of hydrogen-bond donors (Lipinski definition) is 1. The van der Waals surface area contributed by atoms with Gasteiger partial charge in [0.15, 0.2) is 0 Å². The fourth-order valence-corrected chi connectivity index (χ4v) is 2.58. The Morgan fingerprint density at radius 2 is 2.27 bits per heavy atom. The summed E-state index contributed by atoms with van der Waals surface area (Å²) in [7, 11) is 0. The van der Waals surface area contributed by atoms with Crippen molar-refractivity contribution in [2.75, 3.05) is 6.61 Å². The molecule has 0 aliphatic carbocycles. The molecule has 0 amide bonds. The molecular formula is C12H15NOS. The molecule has 0 aliphatic heterocycles. The monoisotopic (exact) mass is 221 g/mol. The van der Waals surface area contributed by atoms with Crippen molar-refractivity contribution in [1.82, 2.24) is 4.98 Å². The van der Waals surface area contributed by atoms with E-state index in [0.717, 1.165) is 24.8 Å². The normalized spacial score (nSPS) is 11.1. The van der Waals surface area contributed by atoms with Gasteiger partial charge in [-0.3, -0.25) is 0 Å². The van der Waals surface area contributed by atoms with Gasteiger partial charge in [0.25, 0.3) is 0 Å². The van der Waals surface area contributed by atoms with Crippen LogP contribution in [-0.2, 0) is 12.8 Å². The minimum atomic E-state index is 0.265. The largest absolute Gasteiger partial charge is 0.396 e. The first-order valence-electron chi connectivity index (χ1n) is 5.32. The highest BCUT2D eigenvalue weighted by atomic mass is 32.1. The third-order valence-corrected chi connectivity index (χ3v) is 3.59. The second-order valence-corrected chi connectivity index (χ2v) is 4.71. The quantitative estimate of drug-likeness (QED) is 0.861. The molecule has 0 radical (unpaired) electrons. The van der Waals surface area contributed by atoms with Crippen LogP contribution in [0.3, 0.4) is 0 Å². The Labute approximate surface area is 93.6 Å². The summed E-state index contributed by atoms with van der Waals surface area (Å²) in [6, 6.07) is 6.39. The van der Waals surface area contributed by atoms with E-state index >= 15 is 0 Å². The molecule has 15 heavy (non-hydrogen) atoms. The molecule has 3 heteroatoms. The highest BCUT2D eigenvalue weighted by Gasteiger charge is 2.02. The lowest BCUT2D eigenvalue weighted by Crippen LogP contribution is -1.88. The Hall–Kier alpha value is -0.930. The van der Waals surface area contributed by atoms with Gasteiger partial charge < -0.3 is 5.11 Å². The van der Waals surface area contributed by atoms with Crippen LogP contribution in [0.2, 0.25) is 0 Å². The number of aromatic nitrogens is 1. The zero-order valence-electron chi connectivity index (χ0n) is 8.86. The average molecular weight is 221 g/mol. The van der Waals surface area contributed by atoms with Crippen molar-refractivity contribution in [1.29, 1.82) is 0 Å². The van der Waals surface area contributed by atoms with Crippen LogP contribution in [0.1, 0.15) is 23.9 Å². The van der Waals surface area contributed by atoms with Crippen molar-refractivity contribution in [2.45, 2.75) is 26.2 Å². The summed E-state index contributed by atoms with van der Waals surface area (Å²) >= 11 is 1.77. The van der Waals surface area contributed by atoms with E-state index in [1.165, 1.54) is 15.3 Å². The SMILES string of the molecule is CCc1nc2ccc(CCCO)cc2s1. The molecule has 1 N–H and O–H groups in total. The van der Waals surface area contributed by atoms with Gasteiger partial charge in [-0.2, -0.15) is 0 Å². The third-order valence-electron chi connectivity index (χ3n) is 2.42. The van der Waals surface area contributed by atoms with Crippen LogP contribution in [0.25, 0.3) is 10.2 Å². The van der Waals surface area contributed by atoms with Gasteiger partial charge in [-0.05, 0) is 37.0 Å². The van der Waals surface area contributed by atoms with Crippen molar-refractivity contribution in [3.8, 4) is 0 Å². The zero-order chi connectivity index (χ0) is 10.7. The van der Waals surface area contributed by atoms with Crippen LogP contribution < -0.4 is 0 Å². The van der Waals surface area contributed by atoms with E-state index in [1.807, 2.05) is 0 Å². The molecule has 0 atom stereocenters. The summed E-state index contributed by atoms with van der Waals surface area (Å²) in [5.41, 5.74) is 2.40. The van der Waals surface area contributed by atoms with Crippen molar-refractivity contribution in [3.63, 3.8) is 0 Å². The molecule has 2 nitrogen and oxygen atoms in total. The second kappa shape index (κ2) is 4.73. The molecule has 2 rings (SSSR count). The predicted octanol–water partition coefficient (Wildman–Crippen LogP) is 2.78. The highest BCUT2D eigenvalue weighted by Crippen LogP contribution is 2.23. The van der Waals surface area contributed by atoms with Gasteiger partial charge in [0.2, 0.25) is 0 Å². The molecule has 0 spiro atoms. The molecule has 1 aromatic carbocycles. The van der Waals surface area contributed by atoms with E-state index in [2.05, 4.69) is 30.1 Å². The Bertz CT molecular complexity index is 450. The van der Waals surface area contributed by atoms with Crippen molar-refractivity contribution >= 4 is 21.6 Å². The lowest BCUT2D eigenvalue weighted by Gasteiger charge is -1.98. The summed E-state index contributed by atoms with van der Waals surface area (Å²) in [5.74, 6) is 0. The molecule has 2 aromatic rings. The first-order valence-corrected chi connectivity index (χ1v) is 6.14. The van der Waals surface area contributed by atoms with E-state index < -0.39 is 0 Å².